The van der Waals surface area contributed by atoms with E-state index in [0.717, 1.165) is 61.2 Å². The summed E-state index contributed by atoms with van der Waals surface area (Å²) in [6.45, 7) is 6.65. The van der Waals surface area contributed by atoms with Gasteiger partial charge in [-0.3, -0.25) is 14.6 Å². The van der Waals surface area contributed by atoms with Crippen LogP contribution in [0.5, 0.6) is 0 Å². The fourth-order valence-electron chi connectivity index (χ4n) is 7.56. The fraction of sp³-hybridized carbons (Fsp3) is 0.444. The summed E-state index contributed by atoms with van der Waals surface area (Å²) in [4.78, 5) is 39.1. The van der Waals surface area contributed by atoms with Crippen molar-refractivity contribution in [3.63, 3.8) is 0 Å². The molecule has 4 heterocycles. The molecule has 0 unspecified atom stereocenters. The van der Waals surface area contributed by atoms with Crippen molar-refractivity contribution in [3.05, 3.63) is 100 Å². The third kappa shape index (κ3) is 6.03. The second-order valence-electron chi connectivity index (χ2n) is 13.5. The maximum Gasteiger partial charge on any atom is 0.271 e. The lowest BCUT2D eigenvalue weighted by Gasteiger charge is -2.56. The van der Waals surface area contributed by atoms with E-state index in [-0.39, 0.29) is 35.5 Å². The quantitative estimate of drug-likeness (QED) is 0.407. The lowest BCUT2D eigenvalue weighted by atomic mass is 9.59. The molecule has 8 nitrogen and oxygen atoms in total. The second kappa shape index (κ2) is 12.1. The Labute approximate surface area is 263 Å². The van der Waals surface area contributed by atoms with Gasteiger partial charge in [0.15, 0.2) is 0 Å². The third-order valence-electron chi connectivity index (χ3n) is 10.0. The lowest BCUT2D eigenvalue weighted by molar-refractivity contribution is -0.150. The SMILES string of the molecule is C[C@@H](NC(=O)c1cncc(C2CCN(C(=O)C3COC3)CC2)n1)c1ccc(C(=C2CC3(C2)CN(C)C3)c2ccc(F)cc2)cc1. The Bertz CT molecular complexity index is 1590. The molecule has 4 fully saturated rings. The molecule has 3 aromatic rings. The number of carbonyl (C=O) groups is 2. The van der Waals surface area contributed by atoms with E-state index in [1.807, 2.05) is 24.0 Å². The Balaban J connectivity index is 1.00. The molecule has 234 valence electrons. The van der Waals surface area contributed by atoms with Crippen molar-refractivity contribution in [2.75, 3.05) is 46.4 Å². The van der Waals surface area contributed by atoms with Crippen LogP contribution in [0, 0.1) is 17.2 Å². The van der Waals surface area contributed by atoms with Crippen LogP contribution < -0.4 is 5.32 Å². The smallest absolute Gasteiger partial charge is 0.271 e. The highest BCUT2D eigenvalue weighted by Crippen LogP contribution is 2.54. The predicted molar refractivity (Wildman–Crippen MR) is 169 cm³/mol. The van der Waals surface area contributed by atoms with Crippen molar-refractivity contribution in [2.45, 2.75) is 44.6 Å². The van der Waals surface area contributed by atoms with Gasteiger partial charge in [0.1, 0.15) is 11.5 Å². The Kier molecular flexibility index (Phi) is 8.00. The van der Waals surface area contributed by atoms with E-state index in [4.69, 9.17) is 4.74 Å². The Hall–Kier alpha value is -3.95. The molecule has 0 radical (unpaired) electrons. The summed E-state index contributed by atoms with van der Waals surface area (Å²) in [5.74, 6) is -0.150. The van der Waals surface area contributed by atoms with Gasteiger partial charge in [0.2, 0.25) is 5.91 Å². The molecule has 1 atom stereocenters. The number of rotatable bonds is 7. The van der Waals surface area contributed by atoms with Crippen molar-refractivity contribution < 1.29 is 18.7 Å². The van der Waals surface area contributed by atoms with Crippen LogP contribution in [-0.4, -0.2) is 78.0 Å². The average Bonchev–Trinajstić information content (AvgIpc) is 2.99. The van der Waals surface area contributed by atoms with Crippen molar-refractivity contribution in [3.8, 4) is 0 Å². The van der Waals surface area contributed by atoms with Gasteiger partial charge >= 0.3 is 0 Å². The highest BCUT2D eigenvalue weighted by Gasteiger charge is 2.49. The van der Waals surface area contributed by atoms with E-state index >= 15 is 0 Å². The topological polar surface area (TPSA) is 87.7 Å². The molecule has 45 heavy (non-hydrogen) atoms. The predicted octanol–water partition coefficient (Wildman–Crippen LogP) is 4.99. The number of halogens is 1. The molecule has 4 aliphatic rings. The van der Waals surface area contributed by atoms with E-state index in [9.17, 15) is 14.0 Å². The number of hydrogen-bond donors (Lipinski definition) is 1. The molecule has 2 amide bonds. The Morgan fingerprint density at radius 1 is 0.978 bits per heavy atom. The zero-order valence-electron chi connectivity index (χ0n) is 26.0. The molecule has 1 spiro atoms. The van der Waals surface area contributed by atoms with Crippen molar-refractivity contribution in [1.29, 1.82) is 0 Å². The summed E-state index contributed by atoms with van der Waals surface area (Å²) in [5.41, 5.74) is 7.23. The zero-order valence-corrected chi connectivity index (χ0v) is 26.0. The first kappa shape index (κ1) is 29.7. The van der Waals surface area contributed by atoms with Gasteiger partial charge in [-0.25, -0.2) is 9.37 Å². The van der Waals surface area contributed by atoms with Gasteiger partial charge < -0.3 is 19.9 Å². The molecular weight excluding hydrogens is 569 g/mol. The molecule has 1 aromatic heterocycles. The molecule has 1 saturated carbocycles. The molecule has 1 aliphatic carbocycles. The van der Waals surface area contributed by atoms with Crippen molar-refractivity contribution in [2.24, 2.45) is 11.3 Å². The van der Waals surface area contributed by atoms with Crippen LogP contribution in [0.3, 0.4) is 0 Å². The van der Waals surface area contributed by atoms with Gasteiger partial charge in [0.25, 0.3) is 5.91 Å². The van der Waals surface area contributed by atoms with Crippen molar-refractivity contribution in [1.82, 2.24) is 25.1 Å². The molecule has 0 bridgehead atoms. The monoisotopic (exact) mass is 609 g/mol. The van der Waals surface area contributed by atoms with E-state index in [1.54, 1.807) is 6.20 Å². The third-order valence-corrected chi connectivity index (χ3v) is 10.0. The van der Waals surface area contributed by atoms with E-state index < -0.39 is 0 Å². The first-order chi connectivity index (χ1) is 21.8. The van der Waals surface area contributed by atoms with E-state index in [1.165, 1.54) is 29.5 Å². The molecule has 7 rings (SSSR count). The number of piperidine rings is 1. The number of hydrogen-bond acceptors (Lipinski definition) is 6. The number of ether oxygens (including phenoxy) is 1. The maximum absolute atomic E-state index is 13.8. The molecule has 1 N–H and O–H groups in total. The summed E-state index contributed by atoms with van der Waals surface area (Å²) in [6, 6.07) is 14.9. The van der Waals surface area contributed by atoms with Crippen LogP contribution in [-0.2, 0) is 9.53 Å². The first-order valence-corrected chi connectivity index (χ1v) is 16.0. The van der Waals surface area contributed by atoms with Crippen LogP contribution in [0.2, 0.25) is 0 Å². The molecule has 3 aliphatic heterocycles. The molecule has 9 heteroatoms. The number of amides is 2. The van der Waals surface area contributed by atoms with Gasteiger partial charge in [-0.1, -0.05) is 42.0 Å². The molecule has 2 aromatic carbocycles. The van der Waals surface area contributed by atoms with Crippen LogP contribution in [0.15, 0.2) is 66.5 Å². The van der Waals surface area contributed by atoms with Gasteiger partial charge in [-0.15, -0.1) is 0 Å². The number of carbonyl (C=O) groups excluding carboxylic acids is 2. The van der Waals surface area contributed by atoms with E-state index in [0.29, 0.717) is 37.4 Å². The van der Waals surface area contributed by atoms with Crippen LogP contribution in [0.25, 0.3) is 5.57 Å². The number of benzene rings is 2. The summed E-state index contributed by atoms with van der Waals surface area (Å²) in [5, 5.41) is 3.09. The normalized spacial score (nSPS) is 20.6. The highest BCUT2D eigenvalue weighted by atomic mass is 19.1. The van der Waals surface area contributed by atoms with Crippen molar-refractivity contribution >= 4 is 17.4 Å². The summed E-state index contributed by atoms with van der Waals surface area (Å²) in [6.07, 6.45) is 7.00. The van der Waals surface area contributed by atoms with Gasteiger partial charge in [0, 0.05) is 43.7 Å². The average molecular weight is 610 g/mol. The van der Waals surface area contributed by atoms with E-state index in [2.05, 4.69) is 51.5 Å². The van der Waals surface area contributed by atoms with Gasteiger partial charge in [-0.2, -0.15) is 0 Å². The second-order valence-corrected chi connectivity index (χ2v) is 13.5. The van der Waals surface area contributed by atoms with Crippen LogP contribution in [0.1, 0.15) is 77.4 Å². The maximum atomic E-state index is 13.8. The van der Waals surface area contributed by atoms with Crippen LogP contribution >= 0.6 is 0 Å². The van der Waals surface area contributed by atoms with Gasteiger partial charge in [-0.05, 0) is 74.1 Å². The number of nitrogens with one attached hydrogen (secondary N) is 1. The Morgan fingerprint density at radius 2 is 1.62 bits per heavy atom. The number of allylic oxidation sites excluding steroid dienone is 1. The minimum Gasteiger partial charge on any atom is -0.380 e. The first-order valence-electron chi connectivity index (χ1n) is 16.0. The molecular formula is C36H40FN5O3. The fourth-order valence-corrected chi connectivity index (χ4v) is 7.56. The lowest BCUT2D eigenvalue weighted by Crippen LogP contribution is -2.58. The van der Waals surface area contributed by atoms with Gasteiger partial charge in [0.05, 0.1) is 37.1 Å². The zero-order chi connectivity index (χ0) is 31.1. The minimum atomic E-state index is -0.266. The largest absolute Gasteiger partial charge is 0.380 e. The number of likely N-dealkylation sites (tertiary alicyclic amines) is 2. The minimum absolute atomic E-state index is 0.00481. The summed E-state index contributed by atoms with van der Waals surface area (Å²) >= 11 is 0. The van der Waals surface area contributed by atoms with Crippen LogP contribution in [0.4, 0.5) is 4.39 Å². The summed E-state index contributed by atoms with van der Waals surface area (Å²) < 4.78 is 18.9. The summed E-state index contributed by atoms with van der Waals surface area (Å²) in [7, 11) is 2.16. The standard InChI is InChI=1S/C36H40FN5O3/c1-23(39-34(43)32-18-38-17-31(40-32)25-11-13-42(14-12-25)35(44)29-19-45-20-29)24-3-5-26(6-4-24)33(27-7-9-30(37)10-8-27)28-15-36(16-28)21-41(2)22-36/h3-10,17-18,23,25,29H,11-16,19-22H2,1-2H3,(H,39,43)/t23-/m1/s1. The number of nitrogens with zero attached hydrogens (tertiary/aromatic N) is 4. The number of aromatic nitrogens is 2. The molecule has 3 saturated heterocycles. The Morgan fingerprint density at radius 3 is 2.22 bits per heavy atom. The highest BCUT2D eigenvalue weighted by molar-refractivity contribution is 5.92.